The number of benzene rings is 1. The minimum absolute atomic E-state index is 0.189. The minimum Gasteiger partial charge on any atom is -0.331 e. The highest BCUT2D eigenvalue weighted by Gasteiger charge is 2.45. The monoisotopic (exact) mass is 269 g/mol. The molecule has 2 fully saturated rings. The van der Waals surface area contributed by atoms with Crippen molar-refractivity contribution in [1.82, 2.24) is 5.32 Å². The van der Waals surface area contributed by atoms with E-state index in [1.165, 1.54) is 0 Å². The van der Waals surface area contributed by atoms with Gasteiger partial charge >= 0.3 is 6.03 Å². The van der Waals surface area contributed by atoms with Gasteiger partial charge in [-0.2, -0.15) is 5.26 Å². The van der Waals surface area contributed by atoms with E-state index in [0.29, 0.717) is 17.7 Å². The van der Waals surface area contributed by atoms with Crippen LogP contribution in [0.4, 0.5) is 10.5 Å². The van der Waals surface area contributed by atoms with Crippen molar-refractivity contribution in [1.29, 1.82) is 5.26 Å². The number of imide groups is 1. The Bertz CT molecular complexity index is 592. The van der Waals surface area contributed by atoms with Crippen molar-refractivity contribution in [2.24, 2.45) is 0 Å². The predicted molar refractivity (Wildman–Crippen MR) is 73.0 cm³/mol. The summed E-state index contributed by atoms with van der Waals surface area (Å²) in [7, 11) is 0. The molecule has 3 rings (SSSR count). The van der Waals surface area contributed by atoms with Crippen LogP contribution in [0.5, 0.6) is 0 Å². The lowest BCUT2D eigenvalue weighted by Gasteiger charge is -2.38. The second-order valence-electron chi connectivity index (χ2n) is 5.49. The molecule has 1 aliphatic carbocycles. The number of amides is 3. The van der Waals surface area contributed by atoms with E-state index in [9.17, 15) is 9.59 Å². The maximum Gasteiger partial charge on any atom is 0.329 e. The second-order valence-corrected chi connectivity index (χ2v) is 5.49. The lowest BCUT2D eigenvalue weighted by Crippen LogP contribution is -2.61. The number of hydrogen-bond donors (Lipinski definition) is 1. The third-order valence-corrected chi connectivity index (χ3v) is 4.11. The summed E-state index contributed by atoms with van der Waals surface area (Å²) in [5.41, 5.74) is 0.556. The molecule has 1 saturated heterocycles. The van der Waals surface area contributed by atoms with Gasteiger partial charge in [-0.15, -0.1) is 0 Å². The third kappa shape index (κ3) is 2.03. The molecule has 2 aliphatic rings. The standard InChI is InChI=1S/C15H15N3O2/c16-10-11-4-3-5-12(8-11)18-13(19)9-15(17-14(18)20)6-1-2-7-15/h3-5,8H,1-2,6-7,9H2,(H,17,20). The van der Waals surface area contributed by atoms with Crippen LogP contribution in [0.2, 0.25) is 0 Å². The Kier molecular flexibility index (Phi) is 2.94. The fourth-order valence-corrected chi connectivity index (χ4v) is 3.14. The Morgan fingerprint density at radius 1 is 1.25 bits per heavy atom. The van der Waals surface area contributed by atoms with E-state index in [1.54, 1.807) is 24.3 Å². The molecule has 102 valence electrons. The smallest absolute Gasteiger partial charge is 0.329 e. The van der Waals surface area contributed by atoms with Crippen LogP contribution < -0.4 is 10.2 Å². The molecule has 1 aromatic carbocycles. The lowest BCUT2D eigenvalue weighted by atomic mass is 9.90. The lowest BCUT2D eigenvalue weighted by molar-refractivity contribution is -0.120. The van der Waals surface area contributed by atoms with Crippen LogP contribution >= 0.6 is 0 Å². The van der Waals surface area contributed by atoms with Crippen LogP contribution in [0, 0.1) is 11.3 Å². The summed E-state index contributed by atoms with van der Waals surface area (Å²) in [6.45, 7) is 0. The molecule has 0 unspecified atom stereocenters. The molecule has 20 heavy (non-hydrogen) atoms. The molecule has 0 aromatic heterocycles. The number of rotatable bonds is 1. The van der Waals surface area contributed by atoms with Gasteiger partial charge in [0.05, 0.1) is 29.3 Å². The highest BCUT2D eigenvalue weighted by Crippen LogP contribution is 2.36. The highest BCUT2D eigenvalue weighted by atomic mass is 16.2. The summed E-state index contributed by atoms with van der Waals surface area (Å²) < 4.78 is 0. The Labute approximate surface area is 117 Å². The Hall–Kier alpha value is -2.35. The van der Waals surface area contributed by atoms with Crippen molar-refractivity contribution in [2.45, 2.75) is 37.6 Å². The first-order valence-corrected chi connectivity index (χ1v) is 6.79. The van der Waals surface area contributed by atoms with Crippen molar-refractivity contribution in [2.75, 3.05) is 4.90 Å². The van der Waals surface area contributed by atoms with E-state index in [-0.39, 0.29) is 17.5 Å². The Morgan fingerprint density at radius 3 is 2.65 bits per heavy atom. The average Bonchev–Trinajstić information content (AvgIpc) is 2.86. The average molecular weight is 269 g/mol. The molecule has 1 saturated carbocycles. The Balaban J connectivity index is 1.90. The fraction of sp³-hybridized carbons (Fsp3) is 0.400. The van der Waals surface area contributed by atoms with Gasteiger partial charge in [0.2, 0.25) is 5.91 Å². The Morgan fingerprint density at radius 2 is 2.00 bits per heavy atom. The number of carbonyl (C=O) groups is 2. The zero-order valence-corrected chi connectivity index (χ0v) is 11.1. The number of anilines is 1. The first-order valence-electron chi connectivity index (χ1n) is 6.79. The SMILES string of the molecule is N#Cc1cccc(N2C(=O)CC3(CCCC3)NC2=O)c1. The number of nitrogens with one attached hydrogen (secondary N) is 1. The van der Waals surface area contributed by atoms with E-state index in [2.05, 4.69) is 5.32 Å². The predicted octanol–water partition coefficient (Wildman–Crippen LogP) is 2.32. The molecular formula is C15H15N3O2. The van der Waals surface area contributed by atoms with Gasteiger partial charge in [0.1, 0.15) is 0 Å². The number of hydrogen-bond acceptors (Lipinski definition) is 3. The zero-order chi connectivity index (χ0) is 14.2. The highest BCUT2D eigenvalue weighted by molar-refractivity contribution is 6.16. The van der Waals surface area contributed by atoms with Crippen LogP contribution in [0.15, 0.2) is 24.3 Å². The van der Waals surface area contributed by atoms with Crippen molar-refractivity contribution >= 4 is 17.6 Å². The normalized spacial score (nSPS) is 20.9. The summed E-state index contributed by atoms with van der Waals surface area (Å²) in [5.74, 6) is -0.189. The topological polar surface area (TPSA) is 73.2 Å². The van der Waals surface area contributed by atoms with Crippen LogP contribution in [0.1, 0.15) is 37.7 Å². The summed E-state index contributed by atoms with van der Waals surface area (Å²) in [5, 5.41) is 11.9. The van der Waals surface area contributed by atoms with Crippen LogP contribution in [0.25, 0.3) is 0 Å². The fourth-order valence-electron chi connectivity index (χ4n) is 3.14. The van der Waals surface area contributed by atoms with Gasteiger partial charge in [0.15, 0.2) is 0 Å². The first-order chi connectivity index (χ1) is 9.63. The molecule has 3 amide bonds. The maximum atomic E-state index is 12.3. The summed E-state index contributed by atoms with van der Waals surface area (Å²) >= 11 is 0. The number of urea groups is 1. The largest absolute Gasteiger partial charge is 0.331 e. The van der Waals surface area contributed by atoms with Crippen molar-refractivity contribution in [3.8, 4) is 6.07 Å². The number of nitriles is 1. The molecule has 5 nitrogen and oxygen atoms in total. The van der Waals surface area contributed by atoms with Gasteiger partial charge in [0.25, 0.3) is 0 Å². The molecule has 0 radical (unpaired) electrons. The molecule has 5 heteroatoms. The molecule has 1 aromatic rings. The molecule has 1 heterocycles. The van der Waals surface area contributed by atoms with Crippen molar-refractivity contribution < 1.29 is 9.59 Å². The van der Waals surface area contributed by atoms with E-state index in [4.69, 9.17) is 5.26 Å². The van der Waals surface area contributed by atoms with E-state index in [0.717, 1.165) is 30.6 Å². The van der Waals surface area contributed by atoms with E-state index < -0.39 is 0 Å². The van der Waals surface area contributed by atoms with E-state index in [1.807, 2.05) is 6.07 Å². The van der Waals surface area contributed by atoms with Crippen molar-refractivity contribution in [3.63, 3.8) is 0 Å². The van der Waals surface area contributed by atoms with Gasteiger partial charge in [-0.3, -0.25) is 4.79 Å². The molecule has 0 atom stereocenters. The third-order valence-electron chi connectivity index (χ3n) is 4.11. The van der Waals surface area contributed by atoms with Gasteiger partial charge < -0.3 is 5.32 Å². The van der Waals surface area contributed by atoms with Gasteiger partial charge in [-0.1, -0.05) is 18.9 Å². The quantitative estimate of drug-likeness (QED) is 0.850. The van der Waals surface area contributed by atoms with Gasteiger partial charge in [0, 0.05) is 0 Å². The molecule has 1 N–H and O–H groups in total. The molecule has 0 bridgehead atoms. The number of carbonyl (C=O) groups excluding carboxylic acids is 2. The molecular weight excluding hydrogens is 254 g/mol. The second kappa shape index (κ2) is 4.64. The number of nitrogens with zero attached hydrogens (tertiary/aromatic N) is 2. The summed E-state index contributed by atoms with van der Waals surface area (Å²) in [6, 6.07) is 8.19. The molecule has 1 spiro atoms. The summed E-state index contributed by atoms with van der Waals surface area (Å²) in [4.78, 5) is 25.8. The zero-order valence-electron chi connectivity index (χ0n) is 11.1. The molecule has 1 aliphatic heterocycles. The van der Waals surface area contributed by atoms with Gasteiger partial charge in [-0.05, 0) is 31.0 Å². The summed E-state index contributed by atoms with van der Waals surface area (Å²) in [6.07, 6.45) is 4.19. The van der Waals surface area contributed by atoms with Crippen LogP contribution in [0.3, 0.4) is 0 Å². The van der Waals surface area contributed by atoms with Crippen LogP contribution in [-0.4, -0.2) is 17.5 Å². The first kappa shape index (κ1) is 12.7. The van der Waals surface area contributed by atoms with E-state index >= 15 is 0 Å². The van der Waals surface area contributed by atoms with Crippen molar-refractivity contribution in [3.05, 3.63) is 29.8 Å². The maximum absolute atomic E-state index is 12.3. The van der Waals surface area contributed by atoms with Gasteiger partial charge in [-0.25, -0.2) is 9.69 Å². The minimum atomic E-state index is -0.377. The van der Waals surface area contributed by atoms with Crippen LogP contribution in [-0.2, 0) is 4.79 Å².